The number of hydrogen-bond donors (Lipinski definition) is 0. The topological polar surface area (TPSA) is 79.5 Å². The quantitative estimate of drug-likeness (QED) is 0.233. The number of aromatic nitrogens is 2. The number of oxazole rings is 1. The van der Waals surface area contributed by atoms with Gasteiger partial charge in [-0.1, -0.05) is 31.2 Å². The molecule has 2 saturated heterocycles. The summed E-state index contributed by atoms with van der Waals surface area (Å²) in [7, 11) is 0. The maximum atomic E-state index is 13.9. The van der Waals surface area contributed by atoms with E-state index in [9.17, 15) is 27.2 Å². The summed E-state index contributed by atoms with van der Waals surface area (Å²) < 4.78 is 60.4. The summed E-state index contributed by atoms with van der Waals surface area (Å²) in [6.07, 6.45) is -0.681. The second kappa shape index (κ2) is 12.0. The van der Waals surface area contributed by atoms with Crippen molar-refractivity contribution in [2.45, 2.75) is 51.6 Å². The van der Waals surface area contributed by atoms with Gasteiger partial charge >= 0.3 is 6.18 Å². The number of alkyl halides is 3. The minimum Gasteiger partial charge on any atom is -0.420 e. The Labute approximate surface area is 235 Å². The highest BCUT2D eigenvalue weighted by Gasteiger charge is 2.42. The molecule has 218 valence electrons. The molecule has 2 unspecified atom stereocenters. The zero-order valence-corrected chi connectivity index (χ0v) is 22.8. The van der Waals surface area contributed by atoms with E-state index in [0.717, 1.165) is 19.3 Å². The van der Waals surface area contributed by atoms with Gasteiger partial charge in [0.2, 0.25) is 11.5 Å². The van der Waals surface area contributed by atoms with Crippen molar-refractivity contribution >= 4 is 23.4 Å². The van der Waals surface area contributed by atoms with Crippen LogP contribution >= 0.6 is 0 Å². The second-order valence-corrected chi connectivity index (χ2v) is 11.1. The minimum atomic E-state index is -4.82. The number of pyridine rings is 1. The SMILES string of the molecule is CC1CCCN(c2nc(C(F)(F)F)c(C(=O)Cc3ccc(N4CCC(CC(=O)Cc5ccccc5F)C4)nc3)o2)C1. The fraction of sp³-hybridized carbons (Fsp3) is 0.467. The lowest BCUT2D eigenvalue weighted by Crippen LogP contribution is -2.34. The summed E-state index contributed by atoms with van der Waals surface area (Å²) in [4.78, 5) is 37.2. The number of carbonyl (C=O) groups excluding carboxylic acids is 2. The lowest BCUT2D eigenvalue weighted by Gasteiger charge is -2.29. The Hall–Kier alpha value is -3.76. The van der Waals surface area contributed by atoms with Crippen LogP contribution in [0.5, 0.6) is 0 Å². The number of piperidine rings is 1. The van der Waals surface area contributed by atoms with Crippen molar-refractivity contribution in [1.82, 2.24) is 9.97 Å². The van der Waals surface area contributed by atoms with Crippen molar-refractivity contribution in [3.05, 3.63) is 71.0 Å². The molecular formula is C30H32F4N4O3. The number of benzene rings is 1. The Morgan fingerprint density at radius 3 is 2.54 bits per heavy atom. The first-order valence-electron chi connectivity index (χ1n) is 13.9. The fourth-order valence-corrected chi connectivity index (χ4v) is 5.62. The molecule has 1 aromatic carbocycles. The molecule has 5 rings (SSSR count). The van der Waals surface area contributed by atoms with Crippen LogP contribution in [-0.2, 0) is 23.8 Å². The lowest BCUT2D eigenvalue weighted by atomic mass is 9.97. The van der Waals surface area contributed by atoms with Gasteiger partial charge in [-0.25, -0.2) is 9.37 Å². The van der Waals surface area contributed by atoms with Crippen LogP contribution in [0.4, 0.5) is 29.4 Å². The molecule has 11 heteroatoms. The van der Waals surface area contributed by atoms with Gasteiger partial charge in [-0.15, -0.1) is 0 Å². The van der Waals surface area contributed by atoms with Crippen LogP contribution < -0.4 is 9.80 Å². The molecule has 2 aliphatic rings. The van der Waals surface area contributed by atoms with E-state index >= 15 is 0 Å². The van der Waals surface area contributed by atoms with Gasteiger partial charge in [0.15, 0.2) is 5.69 Å². The molecule has 0 amide bonds. The number of nitrogens with zero attached hydrogens (tertiary/aromatic N) is 4. The Kier molecular flexibility index (Phi) is 8.42. The molecule has 0 radical (unpaired) electrons. The van der Waals surface area contributed by atoms with Crippen LogP contribution in [-0.4, -0.2) is 47.7 Å². The summed E-state index contributed by atoms with van der Waals surface area (Å²) in [5, 5.41) is 0. The predicted molar refractivity (Wildman–Crippen MR) is 144 cm³/mol. The number of rotatable bonds is 9. The van der Waals surface area contributed by atoms with E-state index in [1.54, 1.807) is 35.2 Å². The third-order valence-corrected chi connectivity index (χ3v) is 7.71. The zero-order chi connectivity index (χ0) is 29.1. The largest absolute Gasteiger partial charge is 0.437 e. The van der Waals surface area contributed by atoms with Gasteiger partial charge in [0.25, 0.3) is 6.01 Å². The summed E-state index contributed by atoms with van der Waals surface area (Å²) in [5.74, 6) is -0.940. The number of ketones is 2. The number of anilines is 2. The van der Waals surface area contributed by atoms with E-state index < -0.39 is 23.4 Å². The van der Waals surface area contributed by atoms with E-state index in [1.807, 2.05) is 11.8 Å². The molecular weight excluding hydrogens is 540 g/mol. The second-order valence-electron chi connectivity index (χ2n) is 11.1. The van der Waals surface area contributed by atoms with Crippen LogP contribution in [0.1, 0.15) is 60.0 Å². The number of Topliss-reactive ketones (excluding diaryl/α,β-unsaturated/α-hetero) is 2. The molecule has 0 spiro atoms. The Morgan fingerprint density at radius 2 is 1.83 bits per heavy atom. The van der Waals surface area contributed by atoms with Crippen molar-refractivity contribution in [2.24, 2.45) is 11.8 Å². The average Bonchev–Trinajstić information content (AvgIpc) is 3.59. The third kappa shape index (κ3) is 6.94. The van der Waals surface area contributed by atoms with Gasteiger partial charge in [0.1, 0.15) is 17.4 Å². The molecule has 2 aromatic heterocycles. The average molecular weight is 573 g/mol. The molecule has 0 bridgehead atoms. The van der Waals surface area contributed by atoms with Crippen LogP contribution in [0.2, 0.25) is 0 Å². The molecule has 2 atom stereocenters. The molecule has 41 heavy (non-hydrogen) atoms. The Bertz CT molecular complexity index is 1390. The van der Waals surface area contributed by atoms with Crippen molar-refractivity contribution in [1.29, 1.82) is 0 Å². The molecule has 4 heterocycles. The molecule has 3 aromatic rings. The minimum absolute atomic E-state index is 0.0210. The van der Waals surface area contributed by atoms with Gasteiger partial charge in [0.05, 0.1) is 0 Å². The first-order chi connectivity index (χ1) is 19.6. The predicted octanol–water partition coefficient (Wildman–Crippen LogP) is 5.92. The van der Waals surface area contributed by atoms with Crippen LogP contribution in [0, 0.1) is 17.7 Å². The molecule has 0 N–H and O–H groups in total. The van der Waals surface area contributed by atoms with Crippen LogP contribution in [0.3, 0.4) is 0 Å². The molecule has 0 saturated carbocycles. The maximum absolute atomic E-state index is 13.9. The first kappa shape index (κ1) is 28.8. The van der Waals surface area contributed by atoms with Gasteiger partial charge in [-0.3, -0.25) is 9.59 Å². The van der Waals surface area contributed by atoms with Crippen molar-refractivity contribution in [2.75, 3.05) is 36.0 Å². The van der Waals surface area contributed by atoms with E-state index in [1.165, 1.54) is 12.3 Å². The van der Waals surface area contributed by atoms with Gasteiger partial charge < -0.3 is 14.2 Å². The number of hydrogen-bond acceptors (Lipinski definition) is 7. The Morgan fingerprint density at radius 1 is 1.02 bits per heavy atom. The molecule has 7 nitrogen and oxygen atoms in total. The lowest BCUT2D eigenvalue weighted by molar-refractivity contribution is -0.141. The van der Waals surface area contributed by atoms with Gasteiger partial charge in [-0.2, -0.15) is 18.2 Å². The summed E-state index contributed by atoms with van der Waals surface area (Å²) in [5.41, 5.74) is -0.454. The highest BCUT2D eigenvalue weighted by molar-refractivity contribution is 5.96. The summed E-state index contributed by atoms with van der Waals surface area (Å²) >= 11 is 0. The smallest absolute Gasteiger partial charge is 0.420 e. The van der Waals surface area contributed by atoms with Crippen molar-refractivity contribution in [3.63, 3.8) is 0 Å². The fourth-order valence-electron chi connectivity index (χ4n) is 5.62. The Balaban J connectivity index is 1.19. The van der Waals surface area contributed by atoms with Crippen LogP contribution in [0.25, 0.3) is 0 Å². The van der Waals surface area contributed by atoms with E-state index in [2.05, 4.69) is 9.97 Å². The van der Waals surface area contributed by atoms with E-state index in [0.29, 0.717) is 55.5 Å². The zero-order valence-electron chi connectivity index (χ0n) is 22.8. The normalized spacial score (nSPS) is 19.5. The van der Waals surface area contributed by atoms with Crippen LogP contribution in [0.15, 0.2) is 47.0 Å². The van der Waals surface area contributed by atoms with Crippen molar-refractivity contribution in [3.8, 4) is 0 Å². The molecule has 2 aliphatic heterocycles. The van der Waals surface area contributed by atoms with E-state index in [4.69, 9.17) is 4.42 Å². The standard InChI is InChI=1S/C30H32F4N4O3/c1-19-5-4-11-38(17-19)29-36-28(30(32,33)34)27(41-29)25(40)14-20-8-9-26(35-16-20)37-12-10-21(18-37)13-23(39)15-22-6-2-3-7-24(22)31/h2-3,6-9,16,19,21H,4-5,10-15,17-18H2,1H3. The molecule has 2 fully saturated rings. The number of carbonyl (C=O) groups is 2. The highest BCUT2D eigenvalue weighted by atomic mass is 19.4. The number of halogens is 4. The highest BCUT2D eigenvalue weighted by Crippen LogP contribution is 2.36. The summed E-state index contributed by atoms with van der Waals surface area (Å²) in [6.45, 7) is 4.36. The monoisotopic (exact) mass is 572 g/mol. The maximum Gasteiger partial charge on any atom is 0.437 e. The van der Waals surface area contributed by atoms with Gasteiger partial charge in [0, 0.05) is 51.6 Å². The van der Waals surface area contributed by atoms with Gasteiger partial charge in [-0.05, 0) is 54.4 Å². The van der Waals surface area contributed by atoms with Crippen molar-refractivity contribution < 1.29 is 31.6 Å². The summed E-state index contributed by atoms with van der Waals surface area (Å²) in [6, 6.07) is 9.47. The first-order valence-corrected chi connectivity index (χ1v) is 13.9. The third-order valence-electron chi connectivity index (χ3n) is 7.71. The van der Waals surface area contributed by atoms with E-state index in [-0.39, 0.29) is 36.4 Å². The molecule has 0 aliphatic carbocycles.